The van der Waals surface area contributed by atoms with Crippen LogP contribution in [-0.4, -0.2) is 23.1 Å². The van der Waals surface area contributed by atoms with Gasteiger partial charge in [-0.3, -0.25) is 0 Å². The summed E-state index contributed by atoms with van der Waals surface area (Å²) >= 11 is 0. The maximum atomic E-state index is 2.72. The van der Waals surface area contributed by atoms with Gasteiger partial charge in [-0.2, -0.15) is 0 Å². The van der Waals surface area contributed by atoms with Crippen LogP contribution in [0.2, 0.25) is 0 Å². The van der Waals surface area contributed by atoms with Gasteiger partial charge in [0.05, 0.1) is 0 Å². The lowest BCUT2D eigenvalue weighted by Gasteiger charge is -2.29. The monoisotopic (exact) mass is 268 g/mol. The van der Waals surface area contributed by atoms with Crippen LogP contribution >= 0.6 is 0 Å². The van der Waals surface area contributed by atoms with Gasteiger partial charge in [-0.05, 0) is 31.5 Å². The molecule has 0 atom stereocenters. The number of rotatable bonds is 1. The van der Waals surface area contributed by atoms with Crippen LogP contribution in [0.5, 0.6) is 0 Å². The maximum Gasteiger partial charge on any atom is 0.0488 e. The van der Waals surface area contributed by atoms with Crippen molar-refractivity contribution in [3.8, 4) is 0 Å². The first-order valence-electron chi connectivity index (χ1n) is 8.14. The van der Waals surface area contributed by atoms with E-state index in [0.717, 1.165) is 12.6 Å². The molecule has 2 aliphatic rings. The highest BCUT2D eigenvalue weighted by Crippen LogP contribution is 2.37. The molecule has 1 fully saturated rings. The highest BCUT2D eigenvalue weighted by molar-refractivity contribution is 5.86. The van der Waals surface area contributed by atoms with Crippen molar-refractivity contribution in [2.45, 2.75) is 51.1 Å². The molecule has 0 amide bonds. The summed E-state index contributed by atoms with van der Waals surface area (Å²) < 4.78 is 2.72. The Morgan fingerprint density at radius 3 is 2.70 bits per heavy atom. The predicted octanol–water partition coefficient (Wildman–Crippen LogP) is 4.13. The minimum atomic E-state index is 0.751. The zero-order chi connectivity index (χ0) is 13.5. The van der Waals surface area contributed by atoms with E-state index < -0.39 is 0 Å². The molecule has 0 saturated heterocycles. The number of benzene rings is 1. The van der Waals surface area contributed by atoms with E-state index in [1.165, 1.54) is 56.0 Å². The molecule has 1 aromatic carbocycles. The van der Waals surface area contributed by atoms with Crippen LogP contribution in [0.4, 0.5) is 0 Å². The van der Waals surface area contributed by atoms with E-state index in [2.05, 4.69) is 40.8 Å². The molecule has 0 spiro atoms. The van der Waals surface area contributed by atoms with E-state index in [1.54, 1.807) is 11.3 Å². The molecule has 2 nitrogen and oxygen atoms in total. The smallest absolute Gasteiger partial charge is 0.0488 e. The Balaban J connectivity index is 1.90. The number of hydrogen-bond acceptors (Lipinski definition) is 1. The lowest BCUT2D eigenvalue weighted by Crippen LogP contribution is -2.28. The minimum absolute atomic E-state index is 0.751. The van der Waals surface area contributed by atoms with E-state index in [1.807, 2.05) is 0 Å². The second-order valence-corrected chi connectivity index (χ2v) is 6.59. The van der Waals surface area contributed by atoms with Gasteiger partial charge < -0.3 is 9.47 Å². The summed E-state index contributed by atoms with van der Waals surface area (Å²) in [5.41, 5.74) is 4.72. The summed E-state index contributed by atoms with van der Waals surface area (Å²) in [6.07, 6.45) is 8.22. The van der Waals surface area contributed by atoms with Crippen LogP contribution in [0.3, 0.4) is 0 Å². The SMILES string of the molecule is CN1CCc2c(c3ccccc3n2C2CCCCC2)C1. The Morgan fingerprint density at radius 2 is 1.85 bits per heavy atom. The molecule has 1 saturated carbocycles. The third-order valence-corrected chi connectivity index (χ3v) is 5.23. The maximum absolute atomic E-state index is 2.72. The number of nitrogens with zero attached hydrogens (tertiary/aromatic N) is 2. The third-order valence-electron chi connectivity index (χ3n) is 5.23. The quantitative estimate of drug-likeness (QED) is 0.755. The second-order valence-electron chi connectivity index (χ2n) is 6.59. The normalized spacial score (nSPS) is 21.2. The molecule has 0 radical (unpaired) electrons. The van der Waals surface area contributed by atoms with Gasteiger partial charge in [0, 0.05) is 42.1 Å². The van der Waals surface area contributed by atoms with Crippen molar-refractivity contribution in [2.75, 3.05) is 13.6 Å². The zero-order valence-electron chi connectivity index (χ0n) is 12.4. The molecule has 1 aliphatic carbocycles. The van der Waals surface area contributed by atoms with Crippen LogP contribution in [-0.2, 0) is 13.0 Å². The van der Waals surface area contributed by atoms with Crippen molar-refractivity contribution in [1.29, 1.82) is 0 Å². The minimum Gasteiger partial charge on any atom is -0.341 e. The van der Waals surface area contributed by atoms with Crippen molar-refractivity contribution in [1.82, 2.24) is 9.47 Å². The molecular formula is C18H24N2. The van der Waals surface area contributed by atoms with E-state index in [-0.39, 0.29) is 0 Å². The van der Waals surface area contributed by atoms with Crippen molar-refractivity contribution < 1.29 is 0 Å². The molecular weight excluding hydrogens is 244 g/mol. The summed E-state index contributed by atoms with van der Waals surface area (Å²) in [4.78, 5) is 2.46. The molecule has 0 bridgehead atoms. The molecule has 4 rings (SSSR count). The van der Waals surface area contributed by atoms with Crippen molar-refractivity contribution in [3.05, 3.63) is 35.5 Å². The summed E-state index contributed by atoms with van der Waals surface area (Å²) in [7, 11) is 2.25. The fourth-order valence-electron chi connectivity index (χ4n) is 4.23. The Bertz CT molecular complexity index is 620. The van der Waals surface area contributed by atoms with Crippen molar-refractivity contribution >= 4 is 10.9 Å². The van der Waals surface area contributed by atoms with Crippen LogP contribution in [0.25, 0.3) is 10.9 Å². The van der Waals surface area contributed by atoms with Crippen LogP contribution in [0.1, 0.15) is 49.4 Å². The van der Waals surface area contributed by atoms with Gasteiger partial charge in [0.1, 0.15) is 0 Å². The number of aromatic nitrogens is 1. The van der Waals surface area contributed by atoms with Gasteiger partial charge in [0.25, 0.3) is 0 Å². The third kappa shape index (κ3) is 1.89. The Hall–Kier alpha value is -1.28. The molecule has 2 aromatic rings. The largest absolute Gasteiger partial charge is 0.341 e. The second kappa shape index (κ2) is 4.92. The molecule has 1 aliphatic heterocycles. The highest BCUT2D eigenvalue weighted by Gasteiger charge is 2.26. The first-order chi connectivity index (χ1) is 9.84. The van der Waals surface area contributed by atoms with Crippen LogP contribution in [0.15, 0.2) is 24.3 Å². The van der Waals surface area contributed by atoms with Gasteiger partial charge in [0.15, 0.2) is 0 Å². The van der Waals surface area contributed by atoms with E-state index in [9.17, 15) is 0 Å². The summed E-state index contributed by atoms with van der Waals surface area (Å²) in [6.45, 7) is 2.33. The van der Waals surface area contributed by atoms with E-state index in [0.29, 0.717) is 0 Å². The van der Waals surface area contributed by atoms with Crippen molar-refractivity contribution in [2.24, 2.45) is 0 Å². The fourth-order valence-corrected chi connectivity index (χ4v) is 4.23. The first kappa shape index (κ1) is 12.5. The Morgan fingerprint density at radius 1 is 1.05 bits per heavy atom. The lowest BCUT2D eigenvalue weighted by molar-refractivity contribution is 0.297. The summed E-state index contributed by atoms with van der Waals surface area (Å²) in [6, 6.07) is 9.81. The molecule has 106 valence electrons. The van der Waals surface area contributed by atoms with Gasteiger partial charge in [-0.15, -0.1) is 0 Å². The summed E-state index contributed by atoms with van der Waals surface area (Å²) in [5, 5.41) is 1.50. The number of likely N-dealkylation sites (N-methyl/N-ethyl adjacent to an activating group) is 1. The number of fused-ring (bicyclic) bond motifs is 3. The van der Waals surface area contributed by atoms with Crippen LogP contribution in [0, 0.1) is 0 Å². The average molecular weight is 268 g/mol. The molecule has 0 N–H and O–H groups in total. The van der Waals surface area contributed by atoms with Gasteiger partial charge in [0.2, 0.25) is 0 Å². The van der Waals surface area contributed by atoms with Gasteiger partial charge in [-0.1, -0.05) is 37.5 Å². The van der Waals surface area contributed by atoms with Gasteiger partial charge in [-0.25, -0.2) is 0 Å². The van der Waals surface area contributed by atoms with Gasteiger partial charge >= 0.3 is 0 Å². The fraction of sp³-hybridized carbons (Fsp3) is 0.556. The summed E-state index contributed by atoms with van der Waals surface area (Å²) in [5.74, 6) is 0. The van der Waals surface area contributed by atoms with Crippen molar-refractivity contribution in [3.63, 3.8) is 0 Å². The molecule has 1 aromatic heterocycles. The number of para-hydroxylation sites is 1. The Kier molecular flexibility index (Phi) is 3.07. The standard InChI is InChI=1S/C18H24N2/c1-19-12-11-18-16(13-19)15-9-5-6-10-17(15)20(18)14-7-3-2-4-8-14/h5-6,9-10,14H,2-4,7-8,11-13H2,1H3. The molecule has 2 heterocycles. The lowest BCUT2D eigenvalue weighted by atomic mass is 9.94. The first-order valence-corrected chi connectivity index (χ1v) is 8.14. The predicted molar refractivity (Wildman–Crippen MR) is 84.1 cm³/mol. The Labute approximate surface area is 121 Å². The van der Waals surface area contributed by atoms with E-state index in [4.69, 9.17) is 0 Å². The zero-order valence-corrected chi connectivity index (χ0v) is 12.4. The number of hydrogen-bond donors (Lipinski definition) is 0. The average Bonchev–Trinajstić information content (AvgIpc) is 2.82. The molecule has 0 unspecified atom stereocenters. The molecule has 20 heavy (non-hydrogen) atoms. The highest BCUT2D eigenvalue weighted by atomic mass is 15.1. The topological polar surface area (TPSA) is 8.17 Å². The van der Waals surface area contributed by atoms with Crippen LogP contribution < -0.4 is 0 Å². The van der Waals surface area contributed by atoms with E-state index >= 15 is 0 Å². The molecule has 2 heteroatoms.